The molecule has 1 N–H and O–H groups in total. The maximum absolute atomic E-state index is 5.86. The Labute approximate surface area is 85.0 Å². The molecule has 1 atom stereocenters. The summed E-state index contributed by atoms with van der Waals surface area (Å²) < 4.78 is 5.55. The molecule has 1 heterocycles. The van der Waals surface area contributed by atoms with E-state index in [9.17, 15) is 0 Å². The monoisotopic (exact) mass is 203 g/mol. The van der Waals surface area contributed by atoms with E-state index in [0.717, 1.165) is 25.5 Å². The minimum Gasteiger partial charge on any atom is -0.378 e. The number of alkyl halides is 1. The zero-order chi connectivity index (χ0) is 9.15. The van der Waals surface area contributed by atoms with E-state index in [1.807, 2.05) is 0 Å². The Bertz CT molecular complexity index is 164. The topological polar surface area (TPSA) is 21.3 Å². The molecule has 13 heavy (non-hydrogen) atoms. The molecule has 2 rings (SSSR count). The molecule has 2 aliphatic rings. The van der Waals surface area contributed by atoms with Gasteiger partial charge in [-0.1, -0.05) is 0 Å². The third-order valence-corrected chi connectivity index (χ3v) is 3.61. The van der Waals surface area contributed by atoms with Gasteiger partial charge in [-0.15, -0.1) is 11.6 Å². The van der Waals surface area contributed by atoms with Crippen LogP contribution in [0, 0.1) is 0 Å². The molecule has 1 saturated carbocycles. The Morgan fingerprint density at radius 1 is 1.46 bits per heavy atom. The second kappa shape index (κ2) is 4.16. The van der Waals surface area contributed by atoms with Crippen LogP contribution in [0.4, 0.5) is 0 Å². The smallest absolute Gasteiger partial charge is 0.0588 e. The van der Waals surface area contributed by atoms with E-state index in [4.69, 9.17) is 16.3 Å². The first-order valence-electron chi connectivity index (χ1n) is 5.27. The molecule has 1 aliphatic carbocycles. The van der Waals surface area contributed by atoms with Crippen LogP contribution in [-0.2, 0) is 4.74 Å². The van der Waals surface area contributed by atoms with Crippen molar-refractivity contribution in [2.45, 2.75) is 43.7 Å². The van der Waals surface area contributed by atoms with Gasteiger partial charge in [-0.05, 0) is 38.6 Å². The largest absolute Gasteiger partial charge is 0.378 e. The zero-order valence-corrected chi connectivity index (χ0v) is 8.78. The average molecular weight is 204 g/mol. The lowest BCUT2D eigenvalue weighted by molar-refractivity contribution is 0.103. The lowest BCUT2D eigenvalue weighted by Crippen LogP contribution is -2.34. The van der Waals surface area contributed by atoms with Crippen LogP contribution >= 0.6 is 11.6 Å². The van der Waals surface area contributed by atoms with Crippen LogP contribution in [0.25, 0.3) is 0 Å². The summed E-state index contributed by atoms with van der Waals surface area (Å²) in [5, 5.41) is 3.53. The first-order chi connectivity index (χ1) is 6.35. The second-order valence-electron chi connectivity index (χ2n) is 4.26. The minimum atomic E-state index is 0.306. The molecular formula is C10H18ClNO. The summed E-state index contributed by atoms with van der Waals surface area (Å²) in [5.74, 6) is 0.762. The standard InChI is InChI=1S/C10H18ClNO/c11-8-10(4-5-10)12-6-3-9-2-1-7-13-9/h9,12H,1-8H2. The molecule has 0 amide bonds. The molecule has 0 bridgehead atoms. The number of nitrogens with one attached hydrogen (secondary N) is 1. The quantitative estimate of drug-likeness (QED) is 0.690. The average Bonchev–Trinajstić information content (AvgIpc) is 2.74. The Morgan fingerprint density at radius 3 is 2.85 bits per heavy atom. The van der Waals surface area contributed by atoms with Crippen molar-refractivity contribution in [3.8, 4) is 0 Å². The Hall–Kier alpha value is 0.210. The van der Waals surface area contributed by atoms with Gasteiger partial charge in [-0.25, -0.2) is 0 Å². The van der Waals surface area contributed by atoms with Gasteiger partial charge in [0.25, 0.3) is 0 Å². The minimum absolute atomic E-state index is 0.306. The van der Waals surface area contributed by atoms with Gasteiger partial charge >= 0.3 is 0 Å². The van der Waals surface area contributed by atoms with Crippen molar-refractivity contribution in [1.82, 2.24) is 5.32 Å². The zero-order valence-electron chi connectivity index (χ0n) is 8.02. The molecule has 1 saturated heterocycles. The van der Waals surface area contributed by atoms with E-state index < -0.39 is 0 Å². The Balaban J connectivity index is 1.58. The highest BCUT2D eigenvalue weighted by atomic mass is 35.5. The van der Waals surface area contributed by atoms with Gasteiger partial charge in [0.2, 0.25) is 0 Å². The molecule has 0 aromatic heterocycles. The van der Waals surface area contributed by atoms with Crippen molar-refractivity contribution in [3.05, 3.63) is 0 Å². The Morgan fingerprint density at radius 2 is 2.31 bits per heavy atom. The summed E-state index contributed by atoms with van der Waals surface area (Å²) in [6.07, 6.45) is 6.66. The summed E-state index contributed by atoms with van der Waals surface area (Å²) in [6.45, 7) is 2.03. The Kier molecular flexibility index (Phi) is 3.12. The van der Waals surface area contributed by atoms with Crippen LogP contribution in [0.2, 0.25) is 0 Å². The SMILES string of the molecule is ClCC1(NCCC2CCCO2)CC1. The fraction of sp³-hybridized carbons (Fsp3) is 1.00. The predicted octanol–water partition coefficient (Wildman–Crippen LogP) is 1.92. The number of halogens is 1. The van der Waals surface area contributed by atoms with Gasteiger partial charge in [0.1, 0.15) is 0 Å². The molecule has 1 aliphatic heterocycles. The van der Waals surface area contributed by atoms with E-state index in [1.54, 1.807) is 0 Å². The number of rotatable bonds is 5. The van der Waals surface area contributed by atoms with E-state index in [-0.39, 0.29) is 0 Å². The lowest BCUT2D eigenvalue weighted by atomic mass is 10.2. The molecule has 3 heteroatoms. The molecule has 0 aromatic rings. The van der Waals surface area contributed by atoms with Crippen molar-refractivity contribution in [2.24, 2.45) is 0 Å². The van der Waals surface area contributed by atoms with Crippen molar-refractivity contribution in [1.29, 1.82) is 0 Å². The summed E-state index contributed by atoms with van der Waals surface area (Å²) in [7, 11) is 0. The van der Waals surface area contributed by atoms with Crippen LogP contribution in [0.1, 0.15) is 32.1 Å². The third kappa shape index (κ3) is 2.58. The highest BCUT2D eigenvalue weighted by molar-refractivity contribution is 6.18. The van der Waals surface area contributed by atoms with Gasteiger partial charge in [-0.3, -0.25) is 0 Å². The molecule has 76 valence electrons. The van der Waals surface area contributed by atoms with E-state index in [1.165, 1.54) is 25.7 Å². The van der Waals surface area contributed by atoms with E-state index in [0.29, 0.717) is 11.6 Å². The molecule has 0 aromatic carbocycles. The third-order valence-electron chi connectivity index (χ3n) is 3.10. The molecule has 0 radical (unpaired) electrons. The van der Waals surface area contributed by atoms with Gasteiger partial charge in [0, 0.05) is 18.0 Å². The maximum Gasteiger partial charge on any atom is 0.0588 e. The molecule has 2 nitrogen and oxygen atoms in total. The van der Waals surface area contributed by atoms with Crippen molar-refractivity contribution in [3.63, 3.8) is 0 Å². The lowest BCUT2D eigenvalue weighted by Gasteiger charge is -2.15. The number of ether oxygens (including phenoxy) is 1. The van der Waals surface area contributed by atoms with Crippen molar-refractivity contribution < 1.29 is 4.74 Å². The van der Waals surface area contributed by atoms with Crippen LogP contribution in [-0.4, -0.2) is 30.7 Å². The molecule has 1 unspecified atom stereocenters. The van der Waals surface area contributed by atoms with E-state index >= 15 is 0 Å². The highest BCUT2D eigenvalue weighted by Gasteiger charge is 2.41. The number of hydrogen-bond acceptors (Lipinski definition) is 2. The van der Waals surface area contributed by atoms with Crippen LogP contribution < -0.4 is 5.32 Å². The van der Waals surface area contributed by atoms with Gasteiger partial charge in [0.05, 0.1) is 6.10 Å². The van der Waals surface area contributed by atoms with Crippen molar-refractivity contribution >= 4 is 11.6 Å². The fourth-order valence-electron chi connectivity index (χ4n) is 1.88. The summed E-state index contributed by atoms with van der Waals surface area (Å²) in [4.78, 5) is 0. The molecule has 2 fully saturated rings. The summed E-state index contributed by atoms with van der Waals surface area (Å²) >= 11 is 5.86. The van der Waals surface area contributed by atoms with Gasteiger partial charge < -0.3 is 10.1 Å². The van der Waals surface area contributed by atoms with Gasteiger partial charge in [0.15, 0.2) is 0 Å². The second-order valence-corrected chi connectivity index (χ2v) is 4.53. The summed E-state index contributed by atoms with van der Waals surface area (Å²) in [6, 6.07) is 0. The predicted molar refractivity (Wildman–Crippen MR) is 54.3 cm³/mol. The molecular weight excluding hydrogens is 186 g/mol. The van der Waals surface area contributed by atoms with Gasteiger partial charge in [-0.2, -0.15) is 0 Å². The highest BCUT2D eigenvalue weighted by Crippen LogP contribution is 2.36. The van der Waals surface area contributed by atoms with Crippen molar-refractivity contribution in [2.75, 3.05) is 19.0 Å². The van der Waals surface area contributed by atoms with E-state index in [2.05, 4.69) is 5.32 Å². The summed E-state index contributed by atoms with van der Waals surface area (Å²) in [5.41, 5.74) is 0.306. The molecule has 0 spiro atoms. The fourth-order valence-corrected chi connectivity index (χ4v) is 2.24. The van der Waals surface area contributed by atoms with Crippen LogP contribution in [0.5, 0.6) is 0 Å². The first kappa shape index (κ1) is 9.75. The van der Waals surface area contributed by atoms with Crippen LogP contribution in [0.3, 0.4) is 0 Å². The maximum atomic E-state index is 5.86. The first-order valence-corrected chi connectivity index (χ1v) is 5.81. The van der Waals surface area contributed by atoms with Crippen LogP contribution in [0.15, 0.2) is 0 Å². The normalized spacial score (nSPS) is 30.7. The number of hydrogen-bond donors (Lipinski definition) is 1.